The van der Waals surface area contributed by atoms with E-state index in [-0.39, 0.29) is 0 Å². The van der Waals surface area contributed by atoms with E-state index in [1.165, 1.54) is 5.56 Å². The minimum atomic E-state index is -2.88. The van der Waals surface area contributed by atoms with Crippen LogP contribution in [-0.2, 0) is 19.6 Å². The number of halogens is 2. The largest absolute Gasteiger partial charge is 0.471 e. The van der Waals surface area contributed by atoms with Gasteiger partial charge >= 0.3 is 0 Å². The molecule has 4 rings (SSSR count). The quantitative estimate of drug-likeness (QED) is 0.712. The van der Waals surface area contributed by atoms with Crippen LogP contribution in [0.5, 0.6) is 5.88 Å². The number of fused-ring (bicyclic) bond motifs is 1. The van der Waals surface area contributed by atoms with Crippen LogP contribution in [0, 0.1) is 0 Å². The number of nitrogens with zero attached hydrogens (tertiary/aromatic N) is 3. The predicted octanol–water partition coefficient (Wildman–Crippen LogP) is 4.02. The Morgan fingerprint density at radius 2 is 1.96 bits per heavy atom. The maximum atomic E-state index is 13.1. The fourth-order valence-corrected chi connectivity index (χ4v) is 3.25. The molecular formula is C20H20F2N4O. The zero-order valence-electron chi connectivity index (χ0n) is 15.0. The Bertz CT molecular complexity index is 905. The number of nitrogens with one attached hydrogen (secondary N) is 1. The molecule has 0 radical (unpaired) electrons. The van der Waals surface area contributed by atoms with Gasteiger partial charge in [-0.2, -0.15) is 5.10 Å². The summed E-state index contributed by atoms with van der Waals surface area (Å²) < 4.78 is 31.5. The van der Waals surface area contributed by atoms with Gasteiger partial charge in [0.05, 0.1) is 6.20 Å². The molecule has 5 nitrogen and oxygen atoms in total. The van der Waals surface area contributed by atoms with Crippen molar-refractivity contribution >= 4 is 0 Å². The molecule has 3 aromatic rings. The molecule has 0 aliphatic carbocycles. The number of aromatic amines is 1. The molecule has 0 unspecified atom stereocenters. The molecule has 0 fully saturated rings. The summed E-state index contributed by atoms with van der Waals surface area (Å²) >= 11 is 0. The van der Waals surface area contributed by atoms with Crippen molar-refractivity contribution in [2.75, 3.05) is 6.61 Å². The second kappa shape index (κ2) is 7.08. The maximum absolute atomic E-state index is 13.1. The number of alkyl halides is 2. The van der Waals surface area contributed by atoms with Gasteiger partial charge in [0.2, 0.25) is 5.88 Å². The van der Waals surface area contributed by atoms with Crippen molar-refractivity contribution < 1.29 is 13.5 Å². The number of hydrogen-bond donors (Lipinski definition) is 1. The number of aromatic nitrogens is 3. The van der Waals surface area contributed by atoms with E-state index in [4.69, 9.17) is 4.74 Å². The maximum Gasteiger partial charge on any atom is 0.278 e. The Hall–Kier alpha value is -2.80. The Morgan fingerprint density at radius 3 is 2.67 bits per heavy atom. The Kier molecular flexibility index (Phi) is 4.61. The van der Waals surface area contributed by atoms with Crippen LogP contribution in [0.1, 0.15) is 23.6 Å². The standard InChI is InChI=1S/C20H20F2N4O/c1-20(21,22)13-27-19-18-12-26(11-16(18)6-7-23-19)10-14-2-4-15(5-3-14)17-8-24-25-9-17/h2-9H,10-13H2,1H3,(H,24,25). The molecule has 27 heavy (non-hydrogen) atoms. The molecule has 0 bridgehead atoms. The summed E-state index contributed by atoms with van der Waals surface area (Å²) in [4.78, 5) is 6.39. The normalized spacial score (nSPS) is 14.3. The first-order chi connectivity index (χ1) is 13.0. The van der Waals surface area contributed by atoms with E-state index >= 15 is 0 Å². The molecule has 0 saturated heterocycles. The minimum Gasteiger partial charge on any atom is -0.471 e. The van der Waals surface area contributed by atoms with Gasteiger partial charge < -0.3 is 4.74 Å². The second-order valence-electron chi connectivity index (χ2n) is 6.94. The SMILES string of the molecule is CC(F)(F)COc1nccc2c1CN(Cc1ccc(-c3cn[nH]c3)cc1)C2. The van der Waals surface area contributed by atoms with E-state index < -0.39 is 12.5 Å². The first-order valence-electron chi connectivity index (χ1n) is 8.76. The molecule has 3 heterocycles. The van der Waals surface area contributed by atoms with Crippen LogP contribution in [-0.4, -0.2) is 32.6 Å². The highest BCUT2D eigenvalue weighted by Gasteiger charge is 2.27. The van der Waals surface area contributed by atoms with Crippen LogP contribution in [0.15, 0.2) is 48.9 Å². The molecular weight excluding hydrogens is 350 g/mol. The topological polar surface area (TPSA) is 54.0 Å². The number of benzene rings is 1. The molecule has 1 aromatic carbocycles. The molecule has 1 N–H and O–H groups in total. The first kappa shape index (κ1) is 17.6. The van der Waals surface area contributed by atoms with Crippen molar-refractivity contribution in [3.8, 4) is 17.0 Å². The molecule has 7 heteroatoms. The van der Waals surface area contributed by atoms with E-state index in [0.29, 0.717) is 12.4 Å². The van der Waals surface area contributed by atoms with Crippen LogP contribution in [0.4, 0.5) is 8.78 Å². The fraction of sp³-hybridized carbons (Fsp3) is 0.300. The summed E-state index contributed by atoms with van der Waals surface area (Å²) in [5, 5.41) is 6.78. The predicted molar refractivity (Wildman–Crippen MR) is 97.3 cm³/mol. The van der Waals surface area contributed by atoms with Crippen molar-refractivity contribution in [2.24, 2.45) is 0 Å². The Morgan fingerprint density at radius 1 is 1.15 bits per heavy atom. The van der Waals surface area contributed by atoms with Crippen molar-refractivity contribution in [3.05, 3.63) is 65.6 Å². The molecule has 0 amide bonds. The molecule has 1 aliphatic heterocycles. The number of hydrogen-bond acceptors (Lipinski definition) is 4. The van der Waals surface area contributed by atoms with Crippen LogP contribution in [0.3, 0.4) is 0 Å². The smallest absolute Gasteiger partial charge is 0.278 e. The summed E-state index contributed by atoms with van der Waals surface area (Å²) in [7, 11) is 0. The van der Waals surface area contributed by atoms with Gasteiger partial charge in [-0.05, 0) is 22.8 Å². The van der Waals surface area contributed by atoms with Gasteiger partial charge in [-0.1, -0.05) is 24.3 Å². The lowest BCUT2D eigenvalue weighted by Gasteiger charge is -2.15. The summed E-state index contributed by atoms with van der Waals surface area (Å²) in [5.74, 6) is -2.56. The van der Waals surface area contributed by atoms with Crippen molar-refractivity contribution in [1.82, 2.24) is 20.1 Å². The van der Waals surface area contributed by atoms with Crippen LogP contribution < -0.4 is 4.74 Å². The van der Waals surface area contributed by atoms with Crippen LogP contribution in [0.25, 0.3) is 11.1 Å². The highest BCUT2D eigenvalue weighted by Crippen LogP contribution is 2.31. The minimum absolute atomic E-state index is 0.312. The molecule has 140 valence electrons. The molecule has 0 saturated carbocycles. The van der Waals surface area contributed by atoms with E-state index in [9.17, 15) is 8.78 Å². The average Bonchev–Trinajstić information content (AvgIpc) is 3.29. The van der Waals surface area contributed by atoms with Gasteiger partial charge in [-0.3, -0.25) is 10.00 Å². The summed E-state index contributed by atoms with van der Waals surface area (Å²) in [6.45, 7) is 2.34. The second-order valence-corrected chi connectivity index (χ2v) is 6.94. The zero-order valence-corrected chi connectivity index (χ0v) is 15.0. The third-order valence-corrected chi connectivity index (χ3v) is 4.54. The highest BCUT2D eigenvalue weighted by atomic mass is 19.3. The zero-order chi connectivity index (χ0) is 18.9. The van der Waals surface area contributed by atoms with Crippen molar-refractivity contribution in [1.29, 1.82) is 0 Å². The summed E-state index contributed by atoms with van der Waals surface area (Å²) in [6, 6.07) is 10.3. The fourth-order valence-electron chi connectivity index (χ4n) is 3.25. The lowest BCUT2D eigenvalue weighted by Crippen LogP contribution is -2.22. The van der Waals surface area contributed by atoms with Crippen molar-refractivity contribution in [3.63, 3.8) is 0 Å². The summed E-state index contributed by atoms with van der Waals surface area (Å²) in [5.41, 5.74) is 5.32. The van der Waals surface area contributed by atoms with E-state index in [2.05, 4.69) is 44.3 Å². The Labute approximate surface area is 156 Å². The Balaban J connectivity index is 1.43. The third kappa shape index (κ3) is 4.14. The number of H-pyrrole nitrogens is 1. The number of pyridine rings is 1. The van der Waals surface area contributed by atoms with Crippen molar-refractivity contribution in [2.45, 2.75) is 32.5 Å². The van der Waals surface area contributed by atoms with Gasteiger partial charge in [0, 0.05) is 50.1 Å². The van der Waals surface area contributed by atoms with Crippen LogP contribution in [0.2, 0.25) is 0 Å². The number of rotatable bonds is 6. The third-order valence-electron chi connectivity index (χ3n) is 4.54. The molecule has 0 spiro atoms. The lowest BCUT2D eigenvalue weighted by atomic mass is 10.1. The van der Waals surface area contributed by atoms with E-state index in [1.807, 2.05) is 12.3 Å². The van der Waals surface area contributed by atoms with Gasteiger partial charge in [0.25, 0.3) is 5.92 Å². The average molecular weight is 370 g/mol. The first-order valence-corrected chi connectivity index (χ1v) is 8.76. The van der Waals surface area contributed by atoms with Gasteiger partial charge in [-0.15, -0.1) is 0 Å². The molecule has 1 aliphatic rings. The van der Waals surface area contributed by atoms with Gasteiger partial charge in [0.15, 0.2) is 6.61 Å². The van der Waals surface area contributed by atoms with E-state index in [1.54, 1.807) is 12.4 Å². The monoisotopic (exact) mass is 370 g/mol. The van der Waals surface area contributed by atoms with Crippen LogP contribution >= 0.6 is 0 Å². The summed E-state index contributed by atoms with van der Waals surface area (Å²) in [6.07, 6.45) is 5.27. The lowest BCUT2D eigenvalue weighted by molar-refractivity contribution is -0.0245. The van der Waals surface area contributed by atoms with Gasteiger partial charge in [-0.25, -0.2) is 13.8 Å². The van der Waals surface area contributed by atoms with E-state index in [0.717, 1.165) is 42.3 Å². The van der Waals surface area contributed by atoms with Gasteiger partial charge in [0.1, 0.15) is 0 Å². The molecule has 2 aromatic heterocycles. The number of ether oxygens (including phenoxy) is 1. The molecule has 0 atom stereocenters. The highest BCUT2D eigenvalue weighted by molar-refractivity contribution is 5.61.